The number of aromatic nitrogens is 2. The predicted molar refractivity (Wildman–Crippen MR) is 70.6 cm³/mol. The van der Waals surface area contributed by atoms with Crippen molar-refractivity contribution >= 4 is 0 Å². The molecule has 1 heterocycles. The second-order valence-electron chi connectivity index (χ2n) is 4.78. The average molecular weight is 259 g/mol. The van der Waals surface area contributed by atoms with E-state index in [-0.39, 0.29) is 6.04 Å². The summed E-state index contributed by atoms with van der Waals surface area (Å²) in [7, 11) is 0. The molecule has 19 heavy (non-hydrogen) atoms. The molecule has 0 bridgehead atoms. The molecule has 1 fully saturated rings. The van der Waals surface area contributed by atoms with Gasteiger partial charge in [0.2, 0.25) is 0 Å². The van der Waals surface area contributed by atoms with Crippen LogP contribution in [0.4, 0.5) is 0 Å². The van der Waals surface area contributed by atoms with Crippen LogP contribution in [0.5, 0.6) is 5.75 Å². The number of rotatable bonds is 5. The SMILES string of the molecule is CCOc1ccc(-c2nc(C(N)C3CC3)no2)cc1. The molecule has 2 aromatic rings. The minimum Gasteiger partial charge on any atom is -0.494 e. The van der Waals surface area contributed by atoms with Crippen LogP contribution in [0, 0.1) is 5.92 Å². The lowest BCUT2D eigenvalue weighted by atomic mass is 10.2. The van der Waals surface area contributed by atoms with Crippen molar-refractivity contribution in [3.8, 4) is 17.2 Å². The molecule has 0 radical (unpaired) electrons. The normalized spacial score (nSPS) is 16.3. The second-order valence-corrected chi connectivity index (χ2v) is 4.78. The zero-order valence-electron chi connectivity index (χ0n) is 10.9. The molecule has 0 spiro atoms. The summed E-state index contributed by atoms with van der Waals surface area (Å²) in [5.41, 5.74) is 6.93. The Morgan fingerprint density at radius 2 is 2.11 bits per heavy atom. The molecule has 0 aliphatic heterocycles. The first-order chi connectivity index (χ1) is 9.28. The lowest BCUT2D eigenvalue weighted by molar-refractivity contribution is 0.340. The van der Waals surface area contributed by atoms with Gasteiger partial charge in [0, 0.05) is 5.56 Å². The molecule has 1 unspecified atom stereocenters. The molecule has 1 aliphatic carbocycles. The number of hydrogen-bond donors (Lipinski definition) is 1. The maximum Gasteiger partial charge on any atom is 0.257 e. The first-order valence-electron chi connectivity index (χ1n) is 6.60. The number of benzene rings is 1. The van der Waals surface area contributed by atoms with E-state index in [0.29, 0.717) is 24.2 Å². The molecule has 0 amide bonds. The highest BCUT2D eigenvalue weighted by molar-refractivity contribution is 5.54. The first-order valence-corrected chi connectivity index (χ1v) is 6.60. The molecule has 0 saturated heterocycles. The van der Waals surface area contributed by atoms with Gasteiger partial charge in [-0.25, -0.2) is 0 Å². The van der Waals surface area contributed by atoms with Crippen LogP contribution in [0.3, 0.4) is 0 Å². The Bertz CT molecular complexity index is 546. The summed E-state index contributed by atoms with van der Waals surface area (Å²) in [6, 6.07) is 7.50. The first kappa shape index (κ1) is 12.2. The topological polar surface area (TPSA) is 74.2 Å². The van der Waals surface area contributed by atoms with Gasteiger partial charge in [-0.05, 0) is 49.9 Å². The van der Waals surface area contributed by atoms with Gasteiger partial charge in [-0.3, -0.25) is 0 Å². The summed E-state index contributed by atoms with van der Waals surface area (Å²) in [5.74, 6) is 2.46. The fourth-order valence-corrected chi connectivity index (χ4v) is 2.01. The smallest absolute Gasteiger partial charge is 0.257 e. The monoisotopic (exact) mass is 259 g/mol. The summed E-state index contributed by atoms with van der Waals surface area (Å²) in [6.07, 6.45) is 2.32. The summed E-state index contributed by atoms with van der Waals surface area (Å²) in [4.78, 5) is 4.37. The summed E-state index contributed by atoms with van der Waals surface area (Å²) < 4.78 is 10.7. The van der Waals surface area contributed by atoms with Gasteiger partial charge in [0.05, 0.1) is 12.6 Å². The van der Waals surface area contributed by atoms with Crippen molar-refractivity contribution in [1.29, 1.82) is 0 Å². The Labute approximate surface area is 111 Å². The van der Waals surface area contributed by atoms with E-state index < -0.39 is 0 Å². The molecule has 1 aromatic heterocycles. The molecule has 2 N–H and O–H groups in total. The summed E-state index contributed by atoms with van der Waals surface area (Å²) in [6.45, 7) is 2.61. The Kier molecular flexibility index (Phi) is 3.21. The lowest BCUT2D eigenvalue weighted by Gasteiger charge is -2.03. The van der Waals surface area contributed by atoms with Gasteiger partial charge in [0.1, 0.15) is 5.75 Å². The molecule has 1 aromatic carbocycles. The van der Waals surface area contributed by atoms with Crippen LogP contribution >= 0.6 is 0 Å². The van der Waals surface area contributed by atoms with E-state index in [0.717, 1.165) is 24.2 Å². The Hall–Kier alpha value is -1.88. The molecular formula is C14H17N3O2. The number of ether oxygens (including phenoxy) is 1. The van der Waals surface area contributed by atoms with Gasteiger partial charge in [-0.15, -0.1) is 0 Å². The highest BCUT2D eigenvalue weighted by Crippen LogP contribution is 2.38. The molecule has 1 saturated carbocycles. The standard InChI is InChI=1S/C14H17N3O2/c1-2-18-11-7-5-10(6-8-11)14-16-13(17-19-14)12(15)9-3-4-9/h5-9,12H,2-4,15H2,1H3. The third-order valence-electron chi connectivity index (χ3n) is 3.28. The van der Waals surface area contributed by atoms with Gasteiger partial charge >= 0.3 is 0 Å². The summed E-state index contributed by atoms with van der Waals surface area (Å²) in [5, 5.41) is 3.97. The number of nitrogens with zero attached hydrogens (tertiary/aromatic N) is 2. The molecule has 5 nitrogen and oxygen atoms in total. The van der Waals surface area contributed by atoms with E-state index in [4.69, 9.17) is 15.0 Å². The highest BCUT2D eigenvalue weighted by atomic mass is 16.5. The van der Waals surface area contributed by atoms with Crippen molar-refractivity contribution in [2.75, 3.05) is 6.61 Å². The van der Waals surface area contributed by atoms with E-state index >= 15 is 0 Å². The third-order valence-corrected chi connectivity index (χ3v) is 3.28. The quantitative estimate of drug-likeness (QED) is 0.893. The van der Waals surface area contributed by atoms with Crippen LogP contribution in [0.15, 0.2) is 28.8 Å². The van der Waals surface area contributed by atoms with Crippen LogP contribution in [-0.4, -0.2) is 16.7 Å². The zero-order chi connectivity index (χ0) is 13.2. The minimum absolute atomic E-state index is 0.0970. The average Bonchev–Trinajstić information content (AvgIpc) is 3.17. The van der Waals surface area contributed by atoms with E-state index in [1.807, 2.05) is 31.2 Å². The Morgan fingerprint density at radius 1 is 1.37 bits per heavy atom. The van der Waals surface area contributed by atoms with Gasteiger partial charge in [0.15, 0.2) is 5.82 Å². The predicted octanol–water partition coefficient (Wildman–Crippen LogP) is 2.55. The van der Waals surface area contributed by atoms with Gasteiger partial charge in [0.25, 0.3) is 5.89 Å². The van der Waals surface area contributed by atoms with Crippen molar-refractivity contribution in [2.45, 2.75) is 25.8 Å². The minimum atomic E-state index is -0.0970. The fraction of sp³-hybridized carbons (Fsp3) is 0.429. The van der Waals surface area contributed by atoms with E-state index in [1.54, 1.807) is 0 Å². The van der Waals surface area contributed by atoms with Gasteiger partial charge < -0.3 is 15.0 Å². The van der Waals surface area contributed by atoms with Crippen LogP contribution in [-0.2, 0) is 0 Å². The van der Waals surface area contributed by atoms with Crippen molar-refractivity contribution < 1.29 is 9.26 Å². The lowest BCUT2D eigenvalue weighted by Crippen LogP contribution is -2.13. The maximum atomic E-state index is 6.05. The van der Waals surface area contributed by atoms with Crippen molar-refractivity contribution in [2.24, 2.45) is 11.7 Å². The van der Waals surface area contributed by atoms with Crippen LogP contribution in [0.25, 0.3) is 11.5 Å². The van der Waals surface area contributed by atoms with Crippen molar-refractivity contribution in [1.82, 2.24) is 10.1 Å². The Morgan fingerprint density at radius 3 is 2.74 bits per heavy atom. The van der Waals surface area contributed by atoms with Gasteiger partial charge in [-0.1, -0.05) is 5.16 Å². The van der Waals surface area contributed by atoms with Crippen LogP contribution in [0.1, 0.15) is 31.6 Å². The van der Waals surface area contributed by atoms with E-state index in [9.17, 15) is 0 Å². The van der Waals surface area contributed by atoms with Crippen LogP contribution < -0.4 is 10.5 Å². The summed E-state index contributed by atoms with van der Waals surface area (Å²) >= 11 is 0. The number of nitrogens with two attached hydrogens (primary N) is 1. The molecule has 1 aliphatic rings. The molecule has 3 rings (SSSR count). The third kappa shape index (κ3) is 2.61. The van der Waals surface area contributed by atoms with E-state index in [2.05, 4.69) is 10.1 Å². The largest absolute Gasteiger partial charge is 0.494 e. The fourth-order valence-electron chi connectivity index (χ4n) is 2.01. The maximum absolute atomic E-state index is 6.05. The molecule has 5 heteroatoms. The highest BCUT2D eigenvalue weighted by Gasteiger charge is 2.32. The van der Waals surface area contributed by atoms with E-state index in [1.165, 1.54) is 0 Å². The van der Waals surface area contributed by atoms with Crippen molar-refractivity contribution in [3.05, 3.63) is 30.1 Å². The number of hydrogen-bond acceptors (Lipinski definition) is 5. The van der Waals surface area contributed by atoms with Crippen LogP contribution in [0.2, 0.25) is 0 Å². The molecule has 100 valence electrons. The van der Waals surface area contributed by atoms with Gasteiger partial charge in [-0.2, -0.15) is 4.98 Å². The van der Waals surface area contributed by atoms with Crippen molar-refractivity contribution in [3.63, 3.8) is 0 Å². The second kappa shape index (κ2) is 5.01. The molecular weight excluding hydrogens is 242 g/mol. The molecule has 1 atom stereocenters. The zero-order valence-corrected chi connectivity index (χ0v) is 10.9. The Balaban J connectivity index is 1.77.